The molecule has 3 amide bonds. The summed E-state index contributed by atoms with van der Waals surface area (Å²) in [5.41, 5.74) is 0.690. The average Bonchev–Trinajstić information content (AvgIpc) is 3.61. The van der Waals surface area contributed by atoms with Crippen LogP contribution in [0.4, 0.5) is 0 Å². The van der Waals surface area contributed by atoms with Crippen LogP contribution in [-0.4, -0.2) is 40.2 Å². The van der Waals surface area contributed by atoms with Gasteiger partial charge in [0.2, 0.25) is 11.8 Å². The zero-order valence-electron chi connectivity index (χ0n) is 18.1. The summed E-state index contributed by atoms with van der Waals surface area (Å²) in [6.07, 6.45) is 7.33. The lowest BCUT2D eigenvalue weighted by molar-refractivity contribution is -0.141. The van der Waals surface area contributed by atoms with Gasteiger partial charge in [0, 0.05) is 23.3 Å². The zero-order valence-corrected chi connectivity index (χ0v) is 19.7. The Morgan fingerprint density at radius 2 is 1.76 bits per heavy atom. The van der Waals surface area contributed by atoms with E-state index in [0.717, 1.165) is 30.6 Å². The molecule has 0 aliphatic heterocycles. The van der Waals surface area contributed by atoms with Crippen LogP contribution in [0.25, 0.3) is 0 Å². The van der Waals surface area contributed by atoms with E-state index in [4.69, 9.17) is 0 Å². The summed E-state index contributed by atoms with van der Waals surface area (Å²) in [4.78, 5) is 46.4. The third kappa shape index (κ3) is 6.06. The van der Waals surface area contributed by atoms with E-state index in [1.54, 1.807) is 41.6 Å². The highest BCUT2D eigenvalue weighted by molar-refractivity contribution is 7.12. The molecule has 0 aromatic carbocycles. The van der Waals surface area contributed by atoms with Crippen molar-refractivity contribution in [2.24, 2.45) is 0 Å². The molecular formula is C24H26N4O3S2. The first-order chi connectivity index (χ1) is 16.1. The minimum atomic E-state index is -0.818. The Kier molecular flexibility index (Phi) is 7.85. The van der Waals surface area contributed by atoms with Gasteiger partial charge in [0.25, 0.3) is 5.91 Å². The van der Waals surface area contributed by atoms with Gasteiger partial charge >= 0.3 is 0 Å². The van der Waals surface area contributed by atoms with Crippen LogP contribution in [0.1, 0.15) is 51.8 Å². The number of hydrogen-bond acceptors (Lipinski definition) is 6. The smallest absolute Gasteiger partial charge is 0.261 e. The van der Waals surface area contributed by atoms with Gasteiger partial charge in [-0.3, -0.25) is 19.4 Å². The van der Waals surface area contributed by atoms with Gasteiger partial charge in [0.1, 0.15) is 6.04 Å². The summed E-state index contributed by atoms with van der Waals surface area (Å²) >= 11 is 2.84. The molecule has 0 bridgehead atoms. The van der Waals surface area contributed by atoms with Gasteiger partial charge < -0.3 is 15.5 Å². The standard InChI is InChI=1S/C24H26N4O3S2/c29-21(15-26-23(30)20-8-4-14-33-20)28(16-19-7-3-13-32-19)22(17-9-11-25-12-10-17)24(31)27-18-5-1-2-6-18/h3-4,7-14,18,22H,1-2,5-6,15-16H2,(H,26,30)(H,27,31). The zero-order chi connectivity index (χ0) is 23.0. The Hall–Kier alpha value is -3.04. The van der Waals surface area contributed by atoms with Crippen LogP contribution in [-0.2, 0) is 16.1 Å². The van der Waals surface area contributed by atoms with Crippen LogP contribution >= 0.6 is 22.7 Å². The van der Waals surface area contributed by atoms with Crippen molar-refractivity contribution in [3.8, 4) is 0 Å². The van der Waals surface area contributed by atoms with Crippen LogP contribution in [0.5, 0.6) is 0 Å². The van der Waals surface area contributed by atoms with Crippen molar-refractivity contribution in [2.45, 2.75) is 44.3 Å². The third-order valence-corrected chi connectivity index (χ3v) is 7.38. The van der Waals surface area contributed by atoms with E-state index in [1.807, 2.05) is 22.9 Å². The van der Waals surface area contributed by atoms with Gasteiger partial charge in [0.15, 0.2) is 0 Å². The molecule has 0 saturated heterocycles. The summed E-state index contributed by atoms with van der Waals surface area (Å²) in [6, 6.07) is 10.2. The fourth-order valence-corrected chi connectivity index (χ4v) is 5.36. The largest absolute Gasteiger partial charge is 0.351 e. The van der Waals surface area contributed by atoms with Crippen molar-refractivity contribution in [2.75, 3.05) is 6.54 Å². The molecule has 1 aliphatic rings. The Balaban J connectivity index is 1.58. The van der Waals surface area contributed by atoms with E-state index in [1.165, 1.54) is 22.7 Å². The molecule has 0 spiro atoms. The van der Waals surface area contributed by atoms with Gasteiger partial charge in [-0.15, -0.1) is 22.7 Å². The van der Waals surface area contributed by atoms with Crippen molar-refractivity contribution >= 4 is 40.4 Å². The van der Waals surface area contributed by atoms with E-state index in [-0.39, 0.29) is 36.9 Å². The maximum Gasteiger partial charge on any atom is 0.261 e. The average molecular weight is 483 g/mol. The van der Waals surface area contributed by atoms with Crippen LogP contribution < -0.4 is 10.6 Å². The Morgan fingerprint density at radius 1 is 1.03 bits per heavy atom. The minimum Gasteiger partial charge on any atom is -0.351 e. The highest BCUT2D eigenvalue weighted by atomic mass is 32.1. The lowest BCUT2D eigenvalue weighted by atomic mass is 10.0. The summed E-state index contributed by atoms with van der Waals surface area (Å²) < 4.78 is 0. The fourth-order valence-electron chi connectivity index (χ4n) is 4.02. The van der Waals surface area contributed by atoms with E-state index >= 15 is 0 Å². The second-order valence-electron chi connectivity index (χ2n) is 7.93. The number of nitrogens with zero attached hydrogens (tertiary/aromatic N) is 2. The van der Waals surface area contributed by atoms with Gasteiger partial charge in [-0.05, 0) is 53.4 Å². The van der Waals surface area contributed by atoms with Crippen molar-refractivity contribution in [1.29, 1.82) is 0 Å². The summed E-state index contributed by atoms with van der Waals surface area (Å²) in [7, 11) is 0. The molecule has 3 aromatic rings. The second kappa shape index (κ2) is 11.2. The molecule has 0 radical (unpaired) electrons. The number of amides is 3. The van der Waals surface area contributed by atoms with Gasteiger partial charge in [-0.2, -0.15) is 0 Å². The number of carbonyl (C=O) groups excluding carboxylic acids is 3. The monoisotopic (exact) mass is 482 g/mol. The molecule has 1 aliphatic carbocycles. The Labute approximate surface area is 200 Å². The molecule has 4 rings (SSSR count). The molecule has 1 unspecified atom stereocenters. The molecule has 33 heavy (non-hydrogen) atoms. The van der Waals surface area contributed by atoms with Gasteiger partial charge in [0.05, 0.1) is 18.0 Å². The Morgan fingerprint density at radius 3 is 2.42 bits per heavy atom. The van der Waals surface area contributed by atoms with Crippen molar-refractivity contribution in [1.82, 2.24) is 20.5 Å². The predicted octanol–water partition coefficient (Wildman–Crippen LogP) is 3.76. The SMILES string of the molecule is O=C(NCC(=O)N(Cc1cccs1)C(C(=O)NC1CCCC1)c1ccncc1)c1cccs1. The van der Waals surface area contributed by atoms with Crippen LogP contribution in [0.2, 0.25) is 0 Å². The quantitative estimate of drug-likeness (QED) is 0.486. The molecule has 1 atom stereocenters. The maximum atomic E-state index is 13.5. The molecular weight excluding hydrogens is 456 g/mol. The lowest BCUT2D eigenvalue weighted by Gasteiger charge is -2.32. The number of thiophene rings is 2. The molecule has 3 heterocycles. The first-order valence-corrected chi connectivity index (χ1v) is 12.7. The van der Waals surface area contributed by atoms with E-state index < -0.39 is 6.04 Å². The second-order valence-corrected chi connectivity index (χ2v) is 9.91. The number of carbonyl (C=O) groups is 3. The van der Waals surface area contributed by atoms with Crippen LogP contribution in [0, 0.1) is 0 Å². The molecule has 3 aromatic heterocycles. The highest BCUT2D eigenvalue weighted by Gasteiger charge is 2.33. The van der Waals surface area contributed by atoms with Crippen molar-refractivity contribution in [3.05, 3.63) is 74.9 Å². The topological polar surface area (TPSA) is 91.4 Å². The molecule has 172 valence electrons. The molecule has 9 heteroatoms. The normalized spacial score (nSPS) is 14.5. The van der Waals surface area contributed by atoms with Gasteiger partial charge in [-0.1, -0.05) is 25.0 Å². The molecule has 1 fully saturated rings. The lowest BCUT2D eigenvalue weighted by Crippen LogP contribution is -2.48. The third-order valence-electron chi connectivity index (χ3n) is 5.66. The maximum absolute atomic E-state index is 13.5. The number of aromatic nitrogens is 1. The number of pyridine rings is 1. The predicted molar refractivity (Wildman–Crippen MR) is 129 cm³/mol. The molecule has 1 saturated carbocycles. The van der Waals surface area contributed by atoms with E-state index in [0.29, 0.717) is 10.4 Å². The number of hydrogen-bond donors (Lipinski definition) is 2. The summed E-state index contributed by atoms with van der Waals surface area (Å²) in [6.45, 7) is 0.0802. The Bertz CT molecular complexity index is 1050. The van der Waals surface area contributed by atoms with E-state index in [9.17, 15) is 14.4 Å². The summed E-state index contributed by atoms with van der Waals surface area (Å²) in [5, 5.41) is 9.60. The van der Waals surface area contributed by atoms with E-state index in [2.05, 4.69) is 15.6 Å². The van der Waals surface area contributed by atoms with Crippen LogP contribution in [0.15, 0.2) is 59.6 Å². The van der Waals surface area contributed by atoms with Crippen LogP contribution in [0.3, 0.4) is 0 Å². The highest BCUT2D eigenvalue weighted by Crippen LogP contribution is 2.26. The number of nitrogens with one attached hydrogen (secondary N) is 2. The molecule has 2 N–H and O–H groups in total. The number of rotatable bonds is 9. The summed E-state index contributed by atoms with van der Waals surface area (Å²) in [5.74, 6) is -0.829. The first-order valence-electron chi connectivity index (χ1n) is 11.0. The molecule has 7 nitrogen and oxygen atoms in total. The first kappa shape index (κ1) is 23.1. The van der Waals surface area contributed by atoms with Crippen molar-refractivity contribution < 1.29 is 14.4 Å². The minimum absolute atomic E-state index is 0.124. The van der Waals surface area contributed by atoms with Gasteiger partial charge in [-0.25, -0.2) is 0 Å². The fraction of sp³-hybridized carbons (Fsp3) is 0.333. The van der Waals surface area contributed by atoms with Crippen molar-refractivity contribution in [3.63, 3.8) is 0 Å².